The normalized spacial score (nSPS) is 10.2. The third-order valence-electron chi connectivity index (χ3n) is 2.70. The third-order valence-corrected chi connectivity index (χ3v) is 2.99. The van der Waals surface area contributed by atoms with Crippen molar-refractivity contribution in [3.63, 3.8) is 0 Å². The molecule has 5 heteroatoms. The zero-order valence-electron chi connectivity index (χ0n) is 10.9. The number of rotatable bonds is 4. The zero-order valence-corrected chi connectivity index (χ0v) is 11.7. The van der Waals surface area contributed by atoms with Crippen LogP contribution in [0.2, 0.25) is 5.02 Å². The minimum absolute atomic E-state index is 0.108. The van der Waals surface area contributed by atoms with Gasteiger partial charge in [0.05, 0.1) is 5.02 Å². The molecule has 0 unspecified atom stereocenters. The smallest absolute Gasteiger partial charge is 0.221 e. The molecule has 0 spiro atoms. The highest BCUT2D eigenvalue weighted by atomic mass is 35.5. The molecule has 2 N–H and O–H groups in total. The molecule has 1 amide bonds. The molecule has 0 aliphatic rings. The van der Waals surface area contributed by atoms with Crippen LogP contribution in [0, 0.1) is 5.82 Å². The Hall–Kier alpha value is -2.07. The van der Waals surface area contributed by atoms with Crippen LogP contribution in [0.25, 0.3) is 0 Å². The molecular formula is C15H14ClFN2O. The molecule has 0 bridgehead atoms. The topological polar surface area (TPSA) is 41.1 Å². The molecule has 0 aliphatic carbocycles. The average molecular weight is 293 g/mol. The van der Waals surface area contributed by atoms with Gasteiger partial charge in [-0.1, -0.05) is 29.8 Å². The van der Waals surface area contributed by atoms with E-state index in [1.807, 2.05) is 12.1 Å². The standard InChI is InChI=1S/C15H14ClFN2O/c1-10(20)19-13-6-3-5-12(8-13)18-9-11-4-2-7-14(16)15(11)17/h2-8,18H,9H2,1H3,(H,19,20). The molecule has 0 saturated carbocycles. The van der Waals surface area contributed by atoms with Gasteiger partial charge in [0.15, 0.2) is 0 Å². The lowest BCUT2D eigenvalue weighted by atomic mass is 10.2. The summed E-state index contributed by atoms with van der Waals surface area (Å²) in [4.78, 5) is 11.0. The van der Waals surface area contributed by atoms with E-state index in [1.165, 1.54) is 13.0 Å². The second-order valence-corrected chi connectivity index (χ2v) is 4.74. The summed E-state index contributed by atoms with van der Waals surface area (Å²) in [6.45, 7) is 1.76. The van der Waals surface area contributed by atoms with Crippen molar-refractivity contribution in [3.05, 3.63) is 58.9 Å². The van der Waals surface area contributed by atoms with Crippen molar-refractivity contribution >= 4 is 28.9 Å². The number of halogens is 2. The molecule has 0 atom stereocenters. The minimum Gasteiger partial charge on any atom is -0.381 e. The van der Waals surface area contributed by atoms with E-state index in [9.17, 15) is 9.18 Å². The van der Waals surface area contributed by atoms with Crippen LogP contribution in [0.4, 0.5) is 15.8 Å². The van der Waals surface area contributed by atoms with Crippen LogP contribution >= 0.6 is 11.6 Å². The first kappa shape index (κ1) is 14.3. The van der Waals surface area contributed by atoms with Crippen LogP contribution in [0.15, 0.2) is 42.5 Å². The lowest BCUT2D eigenvalue weighted by Crippen LogP contribution is -2.06. The van der Waals surface area contributed by atoms with Crippen molar-refractivity contribution in [2.45, 2.75) is 13.5 Å². The van der Waals surface area contributed by atoms with Gasteiger partial charge in [-0.3, -0.25) is 4.79 Å². The highest BCUT2D eigenvalue weighted by Crippen LogP contribution is 2.20. The van der Waals surface area contributed by atoms with E-state index < -0.39 is 5.82 Å². The van der Waals surface area contributed by atoms with E-state index in [-0.39, 0.29) is 10.9 Å². The second-order valence-electron chi connectivity index (χ2n) is 4.33. The summed E-state index contributed by atoms with van der Waals surface area (Å²) >= 11 is 5.73. The third kappa shape index (κ3) is 3.71. The Kier molecular flexibility index (Phi) is 4.58. The van der Waals surface area contributed by atoms with Crippen molar-refractivity contribution in [1.29, 1.82) is 0 Å². The van der Waals surface area contributed by atoms with E-state index in [2.05, 4.69) is 10.6 Å². The predicted octanol–water partition coefficient (Wildman–Crippen LogP) is 4.05. The Labute approximate surface area is 121 Å². The van der Waals surface area contributed by atoms with Crippen LogP contribution in [-0.2, 0) is 11.3 Å². The molecule has 3 nitrogen and oxygen atoms in total. The van der Waals surface area contributed by atoms with Crippen LogP contribution in [0.5, 0.6) is 0 Å². The molecule has 104 valence electrons. The van der Waals surface area contributed by atoms with Crippen LogP contribution in [0.3, 0.4) is 0 Å². The first-order valence-corrected chi connectivity index (χ1v) is 6.48. The summed E-state index contributed by atoms with van der Waals surface area (Å²) in [6, 6.07) is 12.1. The van der Waals surface area contributed by atoms with Crippen molar-refractivity contribution < 1.29 is 9.18 Å². The van der Waals surface area contributed by atoms with Gasteiger partial charge in [0.25, 0.3) is 0 Å². The Morgan fingerprint density at radius 3 is 2.65 bits per heavy atom. The van der Waals surface area contributed by atoms with Crippen molar-refractivity contribution in [2.24, 2.45) is 0 Å². The lowest BCUT2D eigenvalue weighted by molar-refractivity contribution is -0.114. The monoisotopic (exact) mass is 292 g/mol. The molecule has 0 heterocycles. The quantitative estimate of drug-likeness (QED) is 0.892. The van der Waals surface area contributed by atoms with Crippen LogP contribution < -0.4 is 10.6 Å². The fraction of sp³-hybridized carbons (Fsp3) is 0.133. The first-order valence-electron chi connectivity index (χ1n) is 6.10. The predicted molar refractivity (Wildman–Crippen MR) is 79.5 cm³/mol. The van der Waals surface area contributed by atoms with Crippen LogP contribution in [0.1, 0.15) is 12.5 Å². The van der Waals surface area contributed by atoms with Gasteiger partial charge in [-0.25, -0.2) is 4.39 Å². The number of benzene rings is 2. The highest BCUT2D eigenvalue weighted by Gasteiger charge is 2.06. The number of hydrogen-bond donors (Lipinski definition) is 2. The number of anilines is 2. The van der Waals surface area contributed by atoms with E-state index in [0.717, 1.165) is 5.69 Å². The lowest BCUT2D eigenvalue weighted by Gasteiger charge is -2.10. The summed E-state index contributed by atoms with van der Waals surface area (Å²) in [6.07, 6.45) is 0. The first-order chi connectivity index (χ1) is 9.56. The maximum Gasteiger partial charge on any atom is 0.221 e. The molecule has 0 saturated heterocycles. The SMILES string of the molecule is CC(=O)Nc1cccc(NCc2cccc(Cl)c2F)c1. The van der Waals surface area contributed by atoms with Gasteiger partial charge in [0.1, 0.15) is 5.82 Å². The number of carbonyl (C=O) groups is 1. The van der Waals surface area contributed by atoms with Gasteiger partial charge >= 0.3 is 0 Å². The van der Waals surface area contributed by atoms with E-state index >= 15 is 0 Å². The Bertz CT molecular complexity index is 631. The van der Waals surface area contributed by atoms with Crippen molar-refractivity contribution in [3.8, 4) is 0 Å². The van der Waals surface area contributed by atoms with Crippen molar-refractivity contribution in [2.75, 3.05) is 10.6 Å². The summed E-state index contributed by atoms with van der Waals surface area (Å²) in [7, 11) is 0. The summed E-state index contributed by atoms with van der Waals surface area (Å²) in [5.74, 6) is -0.553. The van der Waals surface area contributed by atoms with Gasteiger partial charge in [0.2, 0.25) is 5.91 Å². The molecule has 20 heavy (non-hydrogen) atoms. The van der Waals surface area contributed by atoms with Gasteiger partial charge in [-0.05, 0) is 24.3 Å². The van der Waals surface area contributed by atoms with Gasteiger partial charge < -0.3 is 10.6 Å². The summed E-state index contributed by atoms with van der Waals surface area (Å²) < 4.78 is 13.7. The molecule has 0 aliphatic heterocycles. The maximum atomic E-state index is 13.7. The molecule has 0 aromatic heterocycles. The van der Waals surface area contributed by atoms with Crippen molar-refractivity contribution in [1.82, 2.24) is 0 Å². The zero-order chi connectivity index (χ0) is 14.5. The van der Waals surface area contributed by atoms with E-state index in [4.69, 9.17) is 11.6 Å². The molecule has 0 fully saturated rings. The number of carbonyl (C=O) groups excluding carboxylic acids is 1. The highest BCUT2D eigenvalue weighted by molar-refractivity contribution is 6.30. The summed E-state index contributed by atoms with van der Waals surface area (Å²) in [5, 5.41) is 5.89. The minimum atomic E-state index is -0.417. The van der Waals surface area contributed by atoms with Gasteiger partial charge in [-0.15, -0.1) is 0 Å². The summed E-state index contributed by atoms with van der Waals surface area (Å²) in [5.41, 5.74) is 1.96. The van der Waals surface area contributed by atoms with E-state index in [1.54, 1.807) is 24.3 Å². The Morgan fingerprint density at radius 2 is 1.90 bits per heavy atom. The maximum absolute atomic E-state index is 13.7. The Balaban J connectivity index is 2.07. The van der Waals surface area contributed by atoms with E-state index in [0.29, 0.717) is 17.8 Å². The second kappa shape index (κ2) is 6.39. The fourth-order valence-corrected chi connectivity index (χ4v) is 1.99. The number of nitrogens with one attached hydrogen (secondary N) is 2. The molecule has 2 aromatic carbocycles. The largest absolute Gasteiger partial charge is 0.381 e. The molecular weight excluding hydrogens is 279 g/mol. The molecule has 0 radical (unpaired) electrons. The molecule has 2 rings (SSSR count). The fourth-order valence-electron chi connectivity index (χ4n) is 1.79. The average Bonchev–Trinajstić information content (AvgIpc) is 2.40. The van der Waals surface area contributed by atoms with Gasteiger partial charge in [-0.2, -0.15) is 0 Å². The van der Waals surface area contributed by atoms with Crippen LogP contribution in [-0.4, -0.2) is 5.91 Å². The number of amides is 1. The molecule has 2 aromatic rings. The Morgan fingerprint density at radius 1 is 1.20 bits per heavy atom. The van der Waals surface area contributed by atoms with Gasteiger partial charge in [0, 0.05) is 30.4 Å². The number of hydrogen-bond acceptors (Lipinski definition) is 2.